The summed E-state index contributed by atoms with van der Waals surface area (Å²) in [5.74, 6) is 0. The van der Waals surface area contributed by atoms with Crippen LogP contribution in [0.1, 0.15) is 19.3 Å². The molecule has 1 aliphatic heterocycles. The van der Waals surface area contributed by atoms with Gasteiger partial charge in [-0.3, -0.25) is 0 Å². The Morgan fingerprint density at radius 3 is 2.92 bits per heavy atom. The van der Waals surface area contributed by atoms with Crippen LogP contribution in [0.2, 0.25) is 12.1 Å². The van der Waals surface area contributed by atoms with E-state index in [1.807, 2.05) is 0 Å². The Morgan fingerprint density at radius 1 is 1.33 bits per heavy atom. The average molecular weight is 220 g/mol. The van der Waals surface area contributed by atoms with Crippen molar-refractivity contribution in [2.75, 3.05) is 13.2 Å². The molecule has 0 aromatic carbocycles. The molecular formula is C7H21NOSi3. The van der Waals surface area contributed by atoms with Crippen molar-refractivity contribution >= 4 is 26.1 Å². The fourth-order valence-corrected chi connectivity index (χ4v) is 20.1. The molecular weight excluding hydrogens is 198 g/mol. The van der Waals surface area contributed by atoms with E-state index in [1.165, 1.54) is 25.3 Å². The first kappa shape index (κ1) is 10.7. The first-order chi connectivity index (χ1) is 5.93. The molecule has 12 heavy (non-hydrogen) atoms. The summed E-state index contributed by atoms with van der Waals surface area (Å²) in [6.45, 7) is 2.04. The van der Waals surface area contributed by atoms with E-state index in [1.54, 1.807) is 6.04 Å². The number of nitrogens with two attached hydrogens (primary N) is 1. The smallest absolute Gasteiger partial charge is 0.140 e. The third-order valence-corrected chi connectivity index (χ3v) is 22.5. The summed E-state index contributed by atoms with van der Waals surface area (Å²) in [7, 11) is 0.376. The zero-order chi connectivity index (χ0) is 8.65. The second-order valence-corrected chi connectivity index (χ2v) is 19.6. The van der Waals surface area contributed by atoms with Gasteiger partial charge in [0.15, 0.2) is 0 Å². The lowest BCUT2D eigenvalue weighted by atomic mass is 10.2. The molecule has 0 aromatic heterocycles. The van der Waals surface area contributed by atoms with E-state index in [0.29, 0.717) is 8.55 Å². The molecule has 1 unspecified atom stereocenters. The van der Waals surface area contributed by atoms with Crippen molar-refractivity contribution in [3.05, 3.63) is 0 Å². The molecule has 1 aliphatic rings. The fraction of sp³-hybridized carbons (Fsp3) is 1.00. The summed E-state index contributed by atoms with van der Waals surface area (Å²) in [4.78, 5) is 0. The molecule has 1 rings (SSSR count). The van der Waals surface area contributed by atoms with Crippen LogP contribution in [0.3, 0.4) is 0 Å². The van der Waals surface area contributed by atoms with Gasteiger partial charge in [0.1, 0.15) is 9.28 Å². The summed E-state index contributed by atoms with van der Waals surface area (Å²) in [5.41, 5.74) is 5.45. The second kappa shape index (κ2) is 7.02. The number of hydrogen-bond acceptors (Lipinski definition) is 2. The second-order valence-electron chi connectivity index (χ2n) is 3.69. The van der Waals surface area contributed by atoms with Gasteiger partial charge in [-0.05, 0) is 19.0 Å². The van der Waals surface area contributed by atoms with Crippen molar-refractivity contribution < 1.29 is 4.43 Å². The van der Waals surface area contributed by atoms with E-state index in [0.717, 1.165) is 13.2 Å². The molecule has 5 heteroatoms. The third kappa shape index (κ3) is 4.56. The van der Waals surface area contributed by atoms with E-state index >= 15 is 0 Å². The predicted molar refractivity (Wildman–Crippen MR) is 62.7 cm³/mol. The lowest BCUT2D eigenvalue weighted by molar-refractivity contribution is 0.366. The third-order valence-electron chi connectivity index (χ3n) is 2.66. The van der Waals surface area contributed by atoms with E-state index in [-0.39, 0.29) is 17.6 Å². The molecule has 1 heterocycles. The van der Waals surface area contributed by atoms with Crippen LogP contribution >= 0.6 is 0 Å². The Balaban J connectivity index is 1.91. The van der Waals surface area contributed by atoms with Gasteiger partial charge in [0, 0.05) is 23.5 Å². The number of rotatable bonds is 5. The molecule has 0 spiro atoms. The molecule has 1 atom stereocenters. The van der Waals surface area contributed by atoms with Crippen molar-refractivity contribution in [3.63, 3.8) is 0 Å². The molecule has 0 bridgehead atoms. The maximum absolute atomic E-state index is 5.54. The largest absolute Gasteiger partial charge is 0.428 e. The van der Waals surface area contributed by atoms with Crippen LogP contribution in [-0.2, 0) is 4.43 Å². The zero-order valence-electron chi connectivity index (χ0n) is 7.93. The van der Waals surface area contributed by atoms with Gasteiger partial charge in [-0.25, -0.2) is 0 Å². The highest BCUT2D eigenvalue weighted by Crippen LogP contribution is 2.08. The Labute approximate surface area is 81.2 Å². The number of unbranched alkanes of at least 4 members (excludes halogenated alkanes) is 2. The van der Waals surface area contributed by atoms with Crippen molar-refractivity contribution in [2.24, 2.45) is 5.73 Å². The van der Waals surface area contributed by atoms with Crippen LogP contribution < -0.4 is 5.73 Å². The Bertz CT molecular complexity index is 109. The molecule has 2 nitrogen and oxygen atoms in total. The summed E-state index contributed by atoms with van der Waals surface area (Å²) >= 11 is 0. The van der Waals surface area contributed by atoms with E-state index in [4.69, 9.17) is 10.2 Å². The molecule has 2 N–H and O–H groups in total. The topological polar surface area (TPSA) is 35.2 Å². The molecule has 0 amide bonds. The first-order valence-corrected chi connectivity index (χ1v) is 14.7. The standard InChI is InChI=1S/C7H21NOSi3/c8-4-2-1-3-6-12-7-5-9-10-11-12/h12H,1-8,10-11H2. The molecule has 1 saturated heterocycles. The van der Waals surface area contributed by atoms with E-state index in [2.05, 4.69) is 0 Å². The molecule has 0 aliphatic carbocycles. The van der Waals surface area contributed by atoms with Gasteiger partial charge >= 0.3 is 0 Å². The van der Waals surface area contributed by atoms with Crippen LogP contribution in [0, 0.1) is 0 Å². The van der Waals surface area contributed by atoms with Crippen LogP contribution in [0.4, 0.5) is 0 Å². The number of hydrogen-bond donors (Lipinski definition) is 1. The van der Waals surface area contributed by atoms with Gasteiger partial charge in [0.2, 0.25) is 0 Å². The Morgan fingerprint density at radius 2 is 2.25 bits per heavy atom. The Kier molecular flexibility index (Phi) is 6.23. The predicted octanol–water partition coefficient (Wildman–Crippen LogP) is -0.963. The summed E-state index contributed by atoms with van der Waals surface area (Å²) in [6.07, 6.45) is 4.11. The first-order valence-electron chi connectivity index (χ1n) is 5.21. The van der Waals surface area contributed by atoms with Crippen molar-refractivity contribution in [1.82, 2.24) is 0 Å². The summed E-state index contributed by atoms with van der Waals surface area (Å²) < 4.78 is 5.54. The zero-order valence-corrected chi connectivity index (χ0v) is 11.9. The van der Waals surface area contributed by atoms with Gasteiger partial charge in [0.25, 0.3) is 0 Å². The minimum absolute atomic E-state index is 0.0975. The molecule has 1 fully saturated rings. The Hall–Kier alpha value is 0.571. The van der Waals surface area contributed by atoms with E-state index in [9.17, 15) is 0 Å². The average Bonchev–Trinajstić information content (AvgIpc) is 2.14. The lowest BCUT2D eigenvalue weighted by Crippen LogP contribution is -2.35. The summed E-state index contributed by atoms with van der Waals surface area (Å²) in [6, 6.07) is 3.14. The highest BCUT2D eigenvalue weighted by molar-refractivity contribution is 7.35. The summed E-state index contributed by atoms with van der Waals surface area (Å²) in [5, 5.41) is 0. The normalized spacial score (nSPS) is 28.2. The maximum atomic E-state index is 5.54. The van der Waals surface area contributed by atoms with Gasteiger partial charge in [-0.1, -0.05) is 18.9 Å². The van der Waals surface area contributed by atoms with Gasteiger partial charge < -0.3 is 10.2 Å². The molecule has 0 saturated carbocycles. The highest BCUT2D eigenvalue weighted by Gasteiger charge is 2.15. The maximum Gasteiger partial charge on any atom is 0.140 e. The molecule has 0 aromatic rings. The van der Waals surface area contributed by atoms with Crippen molar-refractivity contribution in [3.8, 4) is 0 Å². The minimum atomic E-state index is -0.134. The van der Waals surface area contributed by atoms with E-state index < -0.39 is 0 Å². The SMILES string of the molecule is NCCCCC[SiH]1CCO[SiH2][SiH2]1. The monoisotopic (exact) mass is 219 g/mol. The van der Waals surface area contributed by atoms with Gasteiger partial charge in [-0.2, -0.15) is 0 Å². The van der Waals surface area contributed by atoms with Crippen molar-refractivity contribution in [1.29, 1.82) is 0 Å². The lowest BCUT2D eigenvalue weighted by Gasteiger charge is -2.19. The molecule has 72 valence electrons. The van der Waals surface area contributed by atoms with Gasteiger partial charge in [0.05, 0.1) is 0 Å². The fourth-order valence-electron chi connectivity index (χ4n) is 1.79. The van der Waals surface area contributed by atoms with Crippen LogP contribution in [0.25, 0.3) is 0 Å². The van der Waals surface area contributed by atoms with Gasteiger partial charge in [-0.15, -0.1) is 0 Å². The highest BCUT2D eigenvalue weighted by atomic mass is 29.5. The quantitative estimate of drug-likeness (QED) is 0.477. The van der Waals surface area contributed by atoms with Crippen LogP contribution in [-0.4, -0.2) is 39.3 Å². The van der Waals surface area contributed by atoms with Crippen LogP contribution in [0.15, 0.2) is 0 Å². The minimum Gasteiger partial charge on any atom is -0.428 e. The van der Waals surface area contributed by atoms with Crippen LogP contribution in [0.5, 0.6) is 0 Å². The molecule has 0 radical (unpaired) electrons. The van der Waals surface area contributed by atoms with Crippen molar-refractivity contribution in [2.45, 2.75) is 31.4 Å².